The van der Waals surface area contributed by atoms with Crippen molar-refractivity contribution in [1.29, 1.82) is 0 Å². The third kappa shape index (κ3) is 2.50. The number of esters is 1. The van der Waals surface area contributed by atoms with Crippen LogP contribution in [0.2, 0.25) is 0 Å². The topological polar surface area (TPSA) is 46.2 Å². The van der Waals surface area contributed by atoms with Crippen molar-refractivity contribution in [3.63, 3.8) is 0 Å². The maximum absolute atomic E-state index is 12.6. The molecule has 0 aliphatic rings. The van der Waals surface area contributed by atoms with Gasteiger partial charge in [-0.25, -0.2) is 4.79 Å². The van der Waals surface area contributed by atoms with Gasteiger partial charge in [0, 0.05) is 5.39 Å². The molecule has 3 nitrogen and oxygen atoms in total. The van der Waals surface area contributed by atoms with Crippen molar-refractivity contribution in [3.05, 3.63) is 54.1 Å². The van der Waals surface area contributed by atoms with Gasteiger partial charge in [-0.05, 0) is 34.2 Å². The predicted molar refractivity (Wildman–Crippen MR) is 86.7 cm³/mol. The summed E-state index contributed by atoms with van der Waals surface area (Å²) in [7, 11) is 0. The zero-order valence-corrected chi connectivity index (χ0v) is 12.6. The number of carbonyl (C=O) groups excluding carboxylic acids is 1. The molecule has 111 valence electrons. The highest BCUT2D eigenvalue weighted by Gasteiger charge is 2.18. The molecule has 0 amide bonds. The van der Waals surface area contributed by atoms with E-state index in [1.54, 1.807) is 12.1 Å². The molecule has 3 aromatic rings. The molecule has 0 N–H and O–H groups in total. The molecule has 0 saturated carbocycles. The lowest BCUT2D eigenvalue weighted by molar-refractivity contribution is 0.0454. The Morgan fingerprint density at radius 2 is 1.68 bits per heavy atom. The average molecular weight is 293 g/mol. The van der Waals surface area contributed by atoms with Gasteiger partial charge >= 0.3 is 5.97 Å². The molecule has 0 spiro atoms. The summed E-state index contributed by atoms with van der Waals surface area (Å²) >= 11 is 0. The fourth-order valence-electron chi connectivity index (χ4n) is 2.54. The fraction of sp³-hybridized carbons (Fsp3) is 0.211. The molecule has 0 bridgehead atoms. The van der Waals surface area contributed by atoms with E-state index in [1.165, 1.54) is 0 Å². The van der Waals surface area contributed by atoms with Crippen molar-refractivity contribution in [1.82, 2.24) is 0 Å². The van der Waals surface area contributed by atoms with E-state index in [-0.39, 0.29) is 17.2 Å². The summed E-state index contributed by atoms with van der Waals surface area (Å²) in [6.45, 7) is 4.23. The summed E-state index contributed by atoms with van der Waals surface area (Å²) in [4.78, 5) is 12.1. The Morgan fingerprint density at radius 1 is 0.955 bits per heavy atom. The first-order valence-corrected chi connectivity index (χ1v) is 7.36. The van der Waals surface area contributed by atoms with Crippen molar-refractivity contribution in [2.45, 2.75) is 13.8 Å². The molecule has 3 heteroatoms. The lowest BCUT2D eigenvalue weighted by atomic mass is 9.99. The zero-order valence-electron chi connectivity index (χ0n) is 12.6. The van der Waals surface area contributed by atoms with Crippen LogP contribution in [0.15, 0.2) is 48.5 Å². The minimum absolute atomic E-state index is 0.100. The molecule has 0 atom stereocenters. The van der Waals surface area contributed by atoms with Gasteiger partial charge in [-0.1, -0.05) is 50.2 Å². The number of rotatable bonds is 3. The highest BCUT2D eigenvalue weighted by molar-refractivity contribution is 6.12. The monoisotopic (exact) mass is 293 g/mol. The molecule has 0 saturated heterocycles. The zero-order chi connectivity index (χ0) is 15.7. The lowest BCUT2D eigenvalue weighted by Gasteiger charge is -2.10. The van der Waals surface area contributed by atoms with Crippen LogP contribution in [-0.2, 0) is 9.84 Å². The second-order valence-corrected chi connectivity index (χ2v) is 5.82. The molecule has 0 heterocycles. The van der Waals surface area contributed by atoms with E-state index in [1.807, 2.05) is 50.2 Å². The van der Waals surface area contributed by atoms with Crippen LogP contribution in [0.25, 0.3) is 21.5 Å². The molecule has 0 aliphatic heterocycles. The molecule has 0 fully saturated rings. The van der Waals surface area contributed by atoms with Gasteiger partial charge in [0.25, 0.3) is 0 Å². The Kier molecular flexibility index (Phi) is 3.72. The number of hydrogen-bond donors (Lipinski definition) is 0. The van der Waals surface area contributed by atoms with Crippen molar-refractivity contribution in [2.75, 3.05) is 6.61 Å². The number of benzene rings is 3. The Morgan fingerprint density at radius 3 is 2.45 bits per heavy atom. The van der Waals surface area contributed by atoms with Gasteiger partial charge in [0.05, 0.1) is 6.61 Å². The number of carbonyl (C=O) groups is 1. The summed E-state index contributed by atoms with van der Waals surface area (Å²) in [5.41, 5.74) is 0.100. The largest absolute Gasteiger partial charge is 0.462 e. The third-order valence-electron chi connectivity index (χ3n) is 3.64. The van der Waals surface area contributed by atoms with Crippen LogP contribution >= 0.6 is 0 Å². The smallest absolute Gasteiger partial charge is 0.342 e. The van der Waals surface area contributed by atoms with Crippen LogP contribution in [0.4, 0.5) is 0 Å². The molecule has 1 radical (unpaired) electrons. The van der Waals surface area contributed by atoms with Crippen LogP contribution in [0.5, 0.6) is 5.75 Å². The van der Waals surface area contributed by atoms with E-state index in [4.69, 9.17) is 4.74 Å². The van der Waals surface area contributed by atoms with Gasteiger partial charge in [0.2, 0.25) is 5.75 Å². The summed E-state index contributed by atoms with van der Waals surface area (Å²) in [6, 6.07) is 15.0. The van der Waals surface area contributed by atoms with E-state index in [0.717, 1.165) is 16.2 Å². The quantitative estimate of drug-likeness (QED) is 0.506. The number of hydrogen-bond acceptors (Lipinski definition) is 2. The molecule has 0 unspecified atom stereocenters. The van der Waals surface area contributed by atoms with Crippen molar-refractivity contribution >= 4 is 27.5 Å². The van der Waals surface area contributed by atoms with Gasteiger partial charge in [-0.15, -0.1) is 0 Å². The predicted octanol–water partition coefficient (Wildman–Crippen LogP) is 4.95. The molecule has 0 aliphatic carbocycles. The first kappa shape index (κ1) is 14.4. The highest BCUT2D eigenvalue weighted by Crippen LogP contribution is 2.34. The second-order valence-electron chi connectivity index (χ2n) is 5.82. The molecule has 22 heavy (non-hydrogen) atoms. The average Bonchev–Trinajstić information content (AvgIpc) is 2.52. The molecular formula is C19H17O3. The number of ether oxygens (including phenoxy) is 1. The third-order valence-corrected chi connectivity index (χ3v) is 3.64. The van der Waals surface area contributed by atoms with Crippen molar-refractivity contribution in [3.8, 4) is 5.75 Å². The summed E-state index contributed by atoms with van der Waals surface area (Å²) in [5, 5.41) is 16.1. The summed E-state index contributed by atoms with van der Waals surface area (Å²) in [6.07, 6.45) is 0. The van der Waals surface area contributed by atoms with Crippen LogP contribution in [0.1, 0.15) is 24.2 Å². The second kappa shape index (κ2) is 5.68. The van der Waals surface area contributed by atoms with Crippen molar-refractivity contribution in [2.24, 2.45) is 5.92 Å². The molecule has 3 rings (SSSR count). The van der Waals surface area contributed by atoms with Gasteiger partial charge < -0.3 is 4.74 Å². The van der Waals surface area contributed by atoms with Gasteiger partial charge in [-0.3, -0.25) is 5.11 Å². The van der Waals surface area contributed by atoms with Crippen LogP contribution in [0, 0.1) is 5.92 Å². The standard InChI is InChI=1S/C19H17O3/c1-12(2)11-22-19(21)17-10-9-15-14-6-4-3-5-13(14)7-8-16(15)18(17)20/h3-10,12H,11H2,1-2H3. The van der Waals surface area contributed by atoms with Gasteiger partial charge in [0.15, 0.2) is 0 Å². The van der Waals surface area contributed by atoms with Crippen LogP contribution in [-0.4, -0.2) is 12.6 Å². The van der Waals surface area contributed by atoms with E-state index in [2.05, 4.69) is 0 Å². The minimum Gasteiger partial charge on any atom is -0.462 e. The van der Waals surface area contributed by atoms with Crippen molar-refractivity contribution < 1.29 is 14.6 Å². The summed E-state index contributed by atoms with van der Waals surface area (Å²) in [5.74, 6) is -0.575. The Bertz CT molecular complexity index is 850. The normalized spacial score (nSPS) is 11.2. The first-order chi connectivity index (χ1) is 10.6. The van der Waals surface area contributed by atoms with Gasteiger partial charge in [-0.2, -0.15) is 0 Å². The van der Waals surface area contributed by atoms with Gasteiger partial charge in [0.1, 0.15) is 5.56 Å². The minimum atomic E-state index is -0.547. The van der Waals surface area contributed by atoms with Crippen LogP contribution in [0.3, 0.4) is 0 Å². The van der Waals surface area contributed by atoms with E-state index in [0.29, 0.717) is 12.0 Å². The summed E-state index contributed by atoms with van der Waals surface area (Å²) < 4.78 is 5.17. The van der Waals surface area contributed by atoms with E-state index in [9.17, 15) is 9.90 Å². The fourth-order valence-corrected chi connectivity index (χ4v) is 2.54. The Hall–Kier alpha value is -2.55. The number of fused-ring (bicyclic) bond motifs is 3. The van der Waals surface area contributed by atoms with E-state index >= 15 is 0 Å². The molecule has 3 aromatic carbocycles. The maximum Gasteiger partial charge on any atom is 0.342 e. The first-order valence-electron chi connectivity index (χ1n) is 7.36. The Balaban J connectivity index is 2.10. The highest BCUT2D eigenvalue weighted by atomic mass is 16.5. The Labute approximate surface area is 129 Å². The van der Waals surface area contributed by atoms with Crippen LogP contribution < -0.4 is 0 Å². The molecular weight excluding hydrogens is 276 g/mol. The molecule has 0 aromatic heterocycles. The van der Waals surface area contributed by atoms with E-state index < -0.39 is 5.97 Å². The maximum atomic E-state index is 12.6. The SMILES string of the molecule is CC(C)COC(=O)c1ccc2c(ccc3ccccc32)c1[O]. The lowest BCUT2D eigenvalue weighted by Crippen LogP contribution is -2.10.